The first-order valence-corrected chi connectivity index (χ1v) is 7.38. The molecule has 0 aliphatic rings. The minimum Gasteiger partial charge on any atom is -0.386 e. The monoisotopic (exact) mass is 270 g/mol. The second-order valence-corrected chi connectivity index (χ2v) is 6.80. The zero-order chi connectivity index (χ0) is 13.7. The van der Waals surface area contributed by atoms with Crippen LogP contribution in [-0.2, 0) is 6.42 Å². The molecule has 0 saturated carbocycles. The quantitative estimate of drug-likeness (QED) is 0.799. The lowest BCUT2D eigenvalue weighted by molar-refractivity contribution is 0.141. The van der Waals surface area contributed by atoms with Crippen molar-refractivity contribution in [1.29, 1.82) is 0 Å². The summed E-state index contributed by atoms with van der Waals surface area (Å²) >= 11 is 1.69. The Balaban J connectivity index is 2.54. The molecule has 0 saturated heterocycles. The average Bonchev–Trinajstić information content (AvgIpc) is 2.72. The Bertz CT molecular complexity index is 349. The highest BCUT2D eigenvalue weighted by molar-refractivity contribution is 7.12. The molecular formula is C14H26N2OS. The minimum absolute atomic E-state index is 0.182. The molecule has 3 N–H and O–H groups in total. The van der Waals surface area contributed by atoms with E-state index >= 15 is 0 Å². The van der Waals surface area contributed by atoms with Gasteiger partial charge in [-0.05, 0) is 51.5 Å². The Morgan fingerprint density at radius 1 is 1.33 bits per heavy atom. The van der Waals surface area contributed by atoms with Gasteiger partial charge in [0.25, 0.3) is 0 Å². The molecule has 1 aromatic rings. The van der Waals surface area contributed by atoms with Gasteiger partial charge in [0, 0.05) is 15.8 Å². The molecule has 0 bridgehead atoms. The van der Waals surface area contributed by atoms with Crippen LogP contribution in [0.15, 0.2) is 12.1 Å². The molecule has 3 nitrogen and oxygen atoms in total. The molecule has 1 aromatic heterocycles. The van der Waals surface area contributed by atoms with Gasteiger partial charge in [0.05, 0.1) is 0 Å². The third kappa shape index (κ3) is 5.06. The lowest BCUT2D eigenvalue weighted by atomic mass is 10.1. The van der Waals surface area contributed by atoms with Gasteiger partial charge in [0.1, 0.15) is 6.10 Å². The van der Waals surface area contributed by atoms with Gasteiger partial charge >= 0.3 is 0 Å². The zero-order valence-corrected chi connectivity index (χ0v) is 12.7. The molecule has 0 fully saturated rings. The van der Waals surface area contributed by atoms with Crippen LogP contribution in [0.5, 0.6) is 0 Å². The van der Waals surface area contributed by atoms with E-state index in [0.29, 0.717) is 5.92 Å². The zero-order valence-electron chi connectivity index (χ0n) is 11.9. The summed E-state index contributed by atoms with van der Waals surface area (Å²) in [7, 11) is 4.04. The number of thiophene rings is 1. The van der Waals surface area contributed by atoms with Crippen LogP contribution in [0.4, 0.5) is 0 Å². The molecule has 1 heterocycles. The summed E-state index contributed by atoms with van der Waals surface area (Å²) in [5.41, 5.74) is 6.04. The number of nitrogens with zero attached hydrogens (tertiary/aromatic N) is 1. The fourth-order valence-electron chi connectivity index (χ4n) is 1.84. The van der Waals surface area contributed by atoms with E-state index in [1.165, 1.54) is 4.88 Å². The molecule has 0 aliphatic carbocycles. The maximum atomic E-state index is 10.2. The van der Waals surface area contributed by atoms with Crippen LogP contribution < -0.4 is 5.73 Å². The van der Waals surface area contributed by atoms with Crippen molar-refractivity contribution in [2.45, 2.75) is 38.8 Å². The Hall–Kier alpha value is -0.420. The van der Waals surface area contributed by atoms with Crippen LogP contribution in [0.3, 0.4) is 0 Å². The van der Waals surface area contributed by atoms with Crippen molar-refractivity contribution in [3.8, 4) is 0 Å². The predicted molar refractivity (Wildman–Crippen MR) is 79.0 cm³/mol. The van der Waals surface area contributed by atoms with Crippen LogP contribution in [0.25, 0.3) is 0 Å². The third-order valence-electron chi connectivity index (χ3n) is 2.90. The van der Waals surface area contributed by atoms with Crippen LogP contribution >= 0.6 is 11.3 Å². The molecule has 0 amide bonds. The Labute approximate surface area is 115 Å². The smallest absolute Gasteiger partial charge is 0.103 e. The molecule has 18 heavy (non-hydrogen) atoms. The van der Waals surface area contributed by atoms with Crippen molar-refractivity contribution in [1.82, 2.24) is 4.90 Å². The third-order valence-corrected chi connectivity index (χ3v) is 4.08. The number of aliphatic hydroxyl groups excluding tert-OH is 1. The second kappa shape index (κ2) is 7.24. The van der Waals surface area contributed by atoms with Gasteiger partial charge in [-0.25, -0.2) is 0 Å². The molecule has 104 valence electrons. The summed E-state index contributed by atoms with van der Waals surface area (Å²) in [4.78, 5) is 4.42. The molecule has 1 rings (SSSR count). The van der Waals surface area contributed by atoms with E-state index in [4.69, 9.17) is 5.73 Å². The number of aliphatic hydroxyl groups is 1. The van der Waals surface area contributed by atoms with E-state index < -0.39 is 6.10 Å². The summed E-state index contributed by atoms with van der Waals surface area (Å²) in [6.45, 7) is 5.32. The fourth-order valence-corrected chi connectivity index (χ4v) is 3.13. The van der Waals surface area contributed by atoms with E-state index in [1.807, 2.05) is 20.2 Å². The highest BCUT2D eigenvalue weighted by Crippen LogP contribution is 2.27. The lowest BCUT2D eigenvalue weighted by Gasteiger charge is -2.19. The molecule has 2 unspecified atom stereocenters. The SMILES string of the molecule is CC(C)Cc1ccc(C(O)C(N)CCN(C)C)s1. The first kappa shape index (κ1) is 15.6. The van der Waals surface area contributed by atoms with Crippen molar-refractivity contribution in [3.63, 3.8) is 0 Å². The molecular weight excluding hydrogens is 244 g/mol. The predicted octanol–water partition coefficient (Wildman–Crippen LogP) is 2.26. The fraction of sp³-hybridized carbons (Fsp3) is 0.714. The minimum atomic E-state index is -0.532. The van der Waals surface area contributed by atoms with Crippen molar-refractivity contribution in [2.24, 2.45) is 11.7 Å². The van der Waals surface area contributed by atoms with Crippen molar-refractivity contribution < 1.29 is 5.11 Å². The first-order chi connectivity index (χ1) is 8.40. The Morgan fingerprint density at radius 3 is 2.56 bits per heavy atom. The van der Waals surface area contributed by atoms with Crippen LogP contribution in [-0.4, -0.2) is 36.7 Å². The van der Waals surface area contributed by atoms with E-state index in [2.05, 4.69) is 24.8 Å². The van der Waals surface area contributed by atoms with Crippen molar-refractivity contribution in [3.05, 3.63) is 21.9 Å². The maximum absolute atomic E-state index is 10.2. The summed E-state index contributed by atoms with van der Waals surface area (Å²) in [6.07, 6.45) is 1.35. The van der Waals surface area contributed by atoms with Crippen LogP contribution in [0, 0.1) is 5.92 Å². The molecule has 2 atom stereocenters. The summed E-state index contributed by atoms with van der Waals surface area (Å²) in [5.74, 6) is 0.649. The molecule has 4 heteroatoms. The highest BCUT2D eigenvalue weighted by Gasteiger charge is 2.19. The van der Waals surface area contributed by atoms with Gasteiger partial charge in [-0.15, -0.1) is 11.3 Å². The highest BCUT2D eigenvalue weighted by atomic mass is 32.1. The Morgan fingerprint density at radius 2 is 2.00 bits per heavy atom. The second-order valence-electron chi connectivity index (χ2n) is 5.60. The normalized spacial score (nSPS) is 15.3. The summed E-state index contributed by atoms with van der Waals surface area (Å²) in [6, 6.07) is 3.95. The summed E-state index contributed by atoms with van der Waals surface area (Å²) in [5, 5.41) is 10.2. The van der Waals surface area contributed by atoms with Gasteiger partial charge in [-0.2, -0.15) is 0 Å². The van der Waals surface area contributed by atoms with E-state index in [9.17, 15) is 5.11 Å². The van der Waals surface area contributed by atoms with Gasteiger partial charge < -0.3 is 15.7 Å². The van der Waals surface area contributed by atoms with Gasteiger partial charge in [0.2, 0.25) is 0 Å². The number of rotatable bonds is 7. The van der Waals surface area contributed by atoms with Gasteiger partial charge in [0.15, 0.2) is 0 Å². The van der Waals surface area contributed by atoms with E-state index in [-0.39, 0.29) is 6.04 Å². The largest absolute Gasteiger partial charge is 0.386 e. The lowest BCUT2D eigenvalue weighted by Crippen LogP contribution is -2.31. The maximum Gasteiger partial charge on any atom is 0.103 e. The first-order valence-electron chi connectivity index (χ1n) is 6.57. The molecule has 0 radical (unpaired) electrons. The van der Waals surface area contributed by atoms with Crippen molar-refractivity contribution in [2.75, 3.05) is 20.6 Å². The van der Waals surface area contributed by atoms with Gasteiger partial charge in [-0.3, -0.25) is 0 Å². The molecule has 0 aliphatic heterocycles. The van der Waals surface area contributed by atoms with E-state index in [1.54, 1.807) is 11.3 Å². The van der Waals surface area contributed by atoms with Crippen LogP contribution in [0.2, 0.25) is 0 Å². The van der Waals surface area contributed by atoms with E-state index in [0.717, 1.165) is 24.3 Å². The standard InChI is InChI=1S/C14H26N2OS/c1-10(2)9-11-5-6-13(18-11)14(17)12(15)7-8-16(3)4/h5-6,10,12,14,17H,7-9,15H2,1-4H3. The average molecular weight is 270 g/mol. The van der Waals surface area contributed by atoms with Gasteiger partial charge in [-0.1, -0.05) is 13.8 Å². The number of hydrogen-bond acceptors (Lipinski definition) is 4. The topological polar surface area (TPSA) is 49.5 Å². The number of hydrogen-bond donors (Lipinski definition) is 2. The molecule has 0 aromatic carbocycles. The Kier molecular flexibility index (Phi) is 6.29. The molecule has 0 spiro atoms. The van der Waals surface area contributed by atoms with Crippen LogP contribution in [0.1, 0.15) is 36.1 Å². The van der Waals surface area contributed by atoms with Crippen molar-refractivity contribution >= 4 is 11.3 Å². The summed E-state index contributed by atoms with van der Waals surface area (Å²) < 4.78 is 0. The number of nitrogens with two attached hydrogens (primary N) is 1.